The molecule has 1 aliphatic carbocycles. The fraction of sp³-hybridized carbons (Fsp3) is 0.786. The summed E-state index contributed by atoms with van der Waals surface area (Å²) in [5, 5.41) is 0. The topological polar surface area (TPSA) is 81.7 Å². The van der Waals surface area contributed by atoms with Crippen molar-refractivity contribution in [3.8, 4) is 0 Å². The Morgan fingerprint density at radius 2 is 1.90 bits per heavy atom. The molecule has 1 N–H and O–H groups in total. The van der Waals surface area contributed by atoms with Gasteiger partial charge in [-0.1, -0.05) is 13.3 Å². The van der Waals surface area contributed by atoms with Gasteiger partial charge in [-0.3, -0.25) is 14.4 Å². The van der Waals surface area contributed by atoms with E-state index in [0.717, 1.165) is 6.42 Å². The summed E-state index contributed by atoms with van der Waals surface area (Å²) in [6.07, 6.45) is 1.64. The smallest absolute Gasteiger partial charge is 0.309 e. The van der Waals surface area contributed by atoms with Crippen LogP contribution >= 0.6 is 0 Å². The predicted molar refractivity (Wildman–Crippen MR) is 71.7 cm³/mol. The Labute approximate surface area is 119 Å². The van der Waals surface area contributed by atoms with Crippen molar-refractivity contribution in [1.29, 1.82) is 0 Å². The molecule has 0 bridgehead atoms. The van der Waals surface area contributed by atoms with E-state index in [-0.39, 0.29) is 30.4 Å². The van der Waals surface area contributed by atoms with Crippen molar-refractivity contribution in [2.45, 2.75) is 45.6 Å². The molecule has 0 radical (unpaired) electrons. The van der Waals surface area contributed by atoms with Gasteiger partial charge in [-0.05, 0) is 13.3 Å². The normalized spacial score (nSPS) is 24.6. The molecule has 0 aromatic rings. The molecule has 6 heteroatoms. The zero-order valence-electron chi connectivity index (χ0n) is 12.3. The van der Waals surface area contributed by atoms with E-state index in [4.69, 9.17) is 4.84 Å². The number of hydrogen-bond acceptors (Lipinski definition) is 6. The van der Waals surface area contributed by atoms with E-state index in [9.17, 15) is 14.4 Å². The minimum Gasteiger partial charge on any atom is -0.469 e. The SMILES string of the molecule is CCCC(NOCC)C1C(=O)CC(C(=O)OC)CC1=O. The molecule has 1 saturated carbocycles. The van der Waals surface area contributed by atoms with Gasteiger partial charge in [0.25, 0.3) is 0 Å². The molecule has 6 nitrogen and oxygen atoms in total. The first-order valence-electron chi connectivity index (χ1n) is 7.05. The van der Waals surface area contributed by atoms with Crippen molar-refractivity contribution < 1.29 is 24.0 Å². The number of rotatable bonds is 7. The molecule has 1 fully saturated rings. The molecule has 0 aliphatic heterocycles. The third-order valence-corrected chi connectivity index (χ3v) is 3.50. The second-order valence-electron chi connectivity index (χ2n) is 4.98. The largest absolute Gasteiger partial charge is 0.469 e. The summed E-state index contributed by atoms with van der Waals surface area (Å²) >= 11 is 0. The Bertz CT molecular complexity index is 351. The van der Waals surface area contributed by atoms with Crippen LogP contribution in [0.2, 0.25) is 0 Å². The first kappa shape index (κ1) is 16.8. The van der Waals surface area contributed by atoms with Crippen LogP contribution in [0, 0.1) is 11.8 Å². The molecule has 1 rings (SSSR count). The monoisotopic (exact) mass is 285 g/mol. The number of hydroxylamine groups is 1. The van der Waals surface area contributed by atoms with Crippen LogP contribution in [0.5, 0.6) is 0 Å². The van der Waals surface area contributed by atoms with Crippen LogP contribution in [-0.2, 0) is 24.0 Å². The lowest BCUT2D eigenvalue weighted by Gasteiger charge is -2.30. The Morgan fingerprint density at radius 3 is 2.35 bits per heavy atom. The molecule has 1 unspecified atom stereocenters. The first-order chi connectivity index (χ1) is 9.54. The number of carbonyl (C=O) groups is 3. The fourth-order valence-electron chi connectivity index (χ4n) is 2.57. The van der Waals surface area contributed by atoms with Crippen LogP contribution in [0.4, 0.5) is 0 Å². The van der Waals surface area contributed by atoms with Crippen LogP contribution in [-0.4, -0.2) is 37.3 Å². The van der Waals surface area contributed by atoms with Gasteiger partial charge in [0.2, 0.25) is 0 Å². The average molecular weight is 285 g/mol. The number of hydrogen-bond donors (Lipinski definition) is 1. The van der Waals surface area contributed by atoms with Crippen molar-refractivity contribution >= 4 is 17.5 Å². The van der Waals surface area contributed by atoms with Crippen LogP contribution in [0.25, 0.3) is 0 Å². The standard InChI is InChI=1S/C14H23NO5/c1-4-6-10(15-20-5-2)13-11(16)7-9(8-12(13)17)14(18)19-3/h9-10,13,15H,4-8H2,1-3H3. The number of ether oxygens (including phenoxy) is 1. The van der Waals surface area contributed by atoms with Crippen molar-refractivity contribution in [2.24, 2.45) is 11.8 Å². The highest BCUT2D eigenvalue weighted by Gasteiger charge is 2.42. The number of esters is 1. The molecule has 0 amide bonds. The maximum absolute atomic E-state index is 12.2. The van der Waals surface area contributed by atoms with Crippen LogP contribution in [0.15, 0.2) is 0 Å². The molecule has 0 heterocycles. The van der Waals surface area contributed by atoms with E-state index >= 15 is 0 Å². The van der Waals surface area contributed by atoms with Gasteiger partial charge in [-0.15, -0.1) is 0 Å². The lowest BCUT2D eigenvalue weighted by Crippen LogP contribution is -2.48. The molecule has 0 aromatic heterocycles. The average Bonchev–Trinajstić information content (AvgIpc) is 2.42. The molecule has 0 spiro atoms. The Kier molecular flexibility index (Phi) is 6.81. The van der Waals surface area contributed by atoms with Crippen LogP contribution < -0.4 is 5.48 Å². The Hall–Kier alpha value is -1.27. The molecule has 114 valence electrons. The first-order valence-corrected chi connectivity index (χ1v) is 7.05. The molecular formula is C14H23NO5. The maximum atomic E-state index is 12.2. The number of ketones is 2. The summed E-state index contributed by atoms with van der Waals surface area (Å²) in [4.78, 5) is 41.0. The Morgan fingerprint density at radius 1 is 1.30 bits per heavy atom. The minimum absolute atomic E-state index is 0.0666. The van der Waals surface area contributed by atoms with E-state index in [1.54, 1.807) is 0 Å². The van der Waals surface area contributed by atoms with Gasteiger partial charge in [0, 0.05) is 18.9 Å². The van der Waals surface area contributed by atoms with Crippen LogP contribution in [0.3, 0.4) is 0 Å². The number of nitrogens with one attached hydrogen (secondary N) is 1. The summed E-state index contributed by atoms with van der Waals surface area (Å²) in [7, 11) is 1.26. The van der Waals surface area contributed by atoms with E-state index in [2.05, 4.69) is 10.2 Å². The zero-order chi connectivity index (χ0) is 15.1. The second kappa shape index (κ2) is 8.11. The molecular weight excluding hydrogens is 262 g/mol. The lowest BCUT2D eigenvalue weighted by molar-refractivity contribution is -0.154. The third-order valence-electron chi connectivity index (χ3n) is 3.50. The van der Waals surface area contributed by atoms with E-state index in [1.807, 2.05) is 13.8 Å². The quantitative estimate of drug-likeness (QED) is 0.427. The molecule has 20 heavy (non-hydrogen) atoms. The summed E-state index contributed by atoms with van der Waals surface area (Å²) in [5.74, 6) is -2.26. The van der Waals surface area contributed by atoms with Gasteiger partial charge in [0.05, 0.1) is 25.6 Å². The molecule has 0 saturated heterocycles. The number of carbonyl (C=O) groups excluding carboxylic acids is 3. The summed E-state index contributed by atoms with van der Waals surface area (Å²) in [5.41, 5.74) is 2.80. The van der Waals surface area contributed by atoms with Crippen molar-refractivity contribution in [2.75, 3.05) is 13.7 Å². The van der Waals surface area contributed by atoms with Crippen molar-refractivity contribution in [3.05, 3.63) is 0 Å². The highest BCUT2D eigenvalue weighted by Crippen LogP contribution is 2.28. The van der Waals surface area contributed by atoms with Crippen LogP contribution in [0.1, 0.15) is 39.5 Å². The van der Waals surface area contributed by atoms with Gasteiger partial charge in [-0.2, -0.15) is 5.48 Å². The van der Waals surface area contributed by atoms with E-state index in [1.165, 1.54) is 7.11 Å². The zero-order valence-corrected chi connectivity index (χ0v) is 12.3. The van der Waals surface area contributed by atoms with Crippen molar-refractivity contribution in [1.82, 2.24) is 5.48 Å². The highest BCUT2D eigenvalue weighted by molar-refractivity contribution is 6.07. The minimum atomic E-state index is -0.720. The van der Waals surface area contributed by atoms with Gasteiger partial charge < -0.3 is 9.57 Å². The summed E-state index contributed by atoms with van der Waals surface area (Å²) < 4.78 is 4.61. The molecule has 0 aromatic carbocycles. The molecule has 1 aliphatic rings. The number of Topliss-reactive ketones (excluding diaryl/α,β-unsaturated/α-hetero) is 2. The maximum Gasteiger partial charge on any atom is 0.309 e. The van der Waals surface area contributed by atoms with E-state index < -0.39 is 17.8 Å². The van der Waals surface area contributed by atoms with Gasteiger partial charge in [0.15, 0.2) is 0 Å². The second-order valence-corrected chi connectivity index (χ2v) is 4.98. The van der Waals surface area contributed by atoms with Gasteiger partial charge in [0.1, 0.15) is 11.6 Å². The highest BCUT2D eigenvalue weighted by atomic mass is 16.6. The fourth-order valence-corrected chi connectivity index (χ4v) is 2.57. The number of methoxy groups -OCH3 is 1. The summed E-state index contributed by atoms with van der Waals surface area (Å²) in [6.45, 7) is 4.27. The third kappa shape index (κ3) is 4.11. The summed E-state index contributed by atoms with van der Waals surface area (Å²) in [6, 6.07) is -0.321. The predicted octanol–water partition coefficient (Wildman–Crippen LogP) is 1.03. The van der Waals surface area contributed by atoms with Crippen molar-refractivity contribution in [3.63, 3.8) is 0 Å². The Balaban J connectivity index is 2.76. The van der Waals surface area contributed by atoms with Gasteiger partial charge >= 0.3 is 5.97 Å². The molecule has 1 atom stereocenters. The van der Waals surface area contributed by atoms with Gasteiger partial charge in [-0.25, -0.2) is 0 Å². The lowest BCUT2D eigenvalue weighted by atomic mass is 9.75. The van der Waals surface area contributed by atoms with E-state index in [0.29, 0.717) is 13.0 Å².